The first-order valence-corrected chi connectivity index (χ1v) is 9.57. The summed E-state index contributed by atoms with van der Waals surface area (Å²) in [6.45, 7) is 13.4. The molecule has 0 unspecified atom stereocenters. The molecule has 1 amide bonds. The molecule has 6 nitrogen and oxygen atoms in total. The fraction of sp³-hybridized carbons (Fsp3) is 0.455. The molecule has 0 aliphatic carbocycles. The monoisotopic (exact) mass is 385 g/mol. The van der Waals surface area contributed by atoms with Crippen molar-refractivity contribution >= 4 is 12.1 Å². The van der Waals surface area contributed by atoms with Crippen LogP contribution in [0.25, 0.3) is 0 Å². The number of nitrogens with zero attached hydrogens (tertiary/aromatic N) is 2. The quantitative estimate of drug-likeness (QED) is 0.544. The van der Waals surface area contributed by atoms with Crippen molar-refractivity contribution in [2.75, 3.05) is 7.11 Å². The summed E-state index contributed by atoms with van der Waals surface area (Å²) >= 11 is 0. The molecule has 0 saturated heterocycles. The van der Waals surface area contributed by atoms with Crippen molar-refractivity contribution in [1.82, 2.24) is 9.99 Å². The van der Waals surface area contributed by atoms with E-state index in [0.717, 1.165) is 17.8 Å². The molecular weight excluding hydrogens is 354 g/mol. The number of carbonyl (C=O) groups excluding carboxylic acids is 1. The number of aryl methyl sites for hydroxylation is 1. The van der Waals surface area contributed by atoms with Gasteiger partial charge in [-0.15, -0.1) is 0 Å². The van der Waals surface area contributed by atoms with E-state index in [2.05, 4.69) is 48.9 Å². The molecule has 28 heavy (non-hydrogen) atoms. The summed E-state index contributed by atoms with van der Waals surface area (Å²) in [6.07, 6.45) is 1.71. The average Bonchev–Trinajstić information content (AvgIpc) is 2.88. The van der Waals surface area contributed by atoms with Crippen LogP contribution in [-0.4, -0.2) is 29.9 Å². The van der Waals surface area contributed by atoms with Crippen LogP contribution in [-0.2, 0) is 6.54 Å². The Morgan fingerprint density at radius 2 is 1.89 bits per heavy atom. The number of methoxy groups -OCH3 is 1. The number of benzene rings is 1. The van der Waals surface area contributed by atoms with Gasteiger partial charge < -0.3 is 14.0 Å². The Morgan fingerprint density at radius 1 is 1.18 bits per heavy atom. The molecule has 0 spiro atoms. The molecular formula is C22H31N3O3. The molecule has 0 atom stereocenters. The van der Waals surface area contributed by atoms with Gasteiger partial charge in [-0.05, 0) is 57.9 Å². The fourth-order valence-electron chi connectivity index (χ4n) is 2.99. The number of amides is 1. The van der Waals surface area contributed by atoms with Gasteiger partial charge in [0.25, 0.3) is 5.91 Å². The van der Waals surface area contributed by atoms with Crippen LogP contribution < -0.4 is 14.9 Å². The van der Waals surface area contributed by atoms with Gasteiger partial charge in [0.05, 0.1) is 19.4 Å². The van der Waals surface area contributed by atoms with E-state index in [1.54, 1.807) is 31.5 Å². The van der Waals surface area contributed by atoms with Crippen molar-refractivity contribution in [3.8, 4) is 11.5 Å². The third-order valence-corrected chi connectivity index (χ3v) is 4.32. The van der Waals surface area contributed by atoms with Gasteiger partial charge in [-0.25, -0.2) is 5.43 Å². The second-order valence-corrected chi connectivity index (χ2v) is 7.56. The molecule has 0 bridgehead atoms. The minimum Gasteiger partial charge on any atom is -0.493 e. The van der Waals surface area contributed by atoms with Crippen molar-refractivity contribution in [1.29, 1.82) is 0 Å². The van der Waals surface area contributed by atoms with Crippen molar-refractivity contribution in [2.45, 2.75) is 54.2 Å². The molecule has 2 aromatic rings. The minimum absolute atomic E-state index is 0.0212. The smallest absolute Gasteiger partial charge is 0.271 e. The standard InChI is InChI=1S/C22H31N3O3/c1-14(2)13-25-16(5)10-19(17(25)6)12-23-24-22(26)18-8-9-20(28-15(3)4)21(11-18)27-7/h8-12,14-15H,13H2,1-7H3,(H,24,26)/b23-12+. The van der Waals surface area contributed by atoms with E-state index >= 15 is 0 Å². The molecule has 0 aliphatic rings. The van der Waals surface area contributed by atoms with Gasteiger partial charge in [0.15, 0.2) is 11.5 Å². The van der Waals surface area contributed by atoms with Crippen molar-refractivity contribution in [3.63, 3.8) is 0 Å². The minimum atomic E-state index is -0.304. The summed E-state index contributed by atoms with van der Waals surface area (Å²) in [4.78, 5) is 12.4. The Kier molecular flexibility index (Phi) is 7.26. The van der Waals surface area contributed by atoms with Gasteiger partial charge in [0.2, 0.25) is 0 Å². The predicted octanol–water partition coefficient (Wildman–Crippen LogP) is 4.32. The summed E-state index contributed by atoms with van der Waals surface area (Å²) in [7, 11) is 1.55. The maximum absolute atomic E-state index is 12.4. The lowest BCUT2D eigenvalue weighted by molar-refractivity contribution is 0.0954. The van der Waals surface area contributed by atoms with Gasteiger partial charge in [0, 0.05) is 29.1 Å². The highest BCUT2D eigenvalue weighted by Gasteiger charge is 2.12. The van der Waals surface area contributed by atoms with Gasteiger partial charge in [-0.3, -0.25) is 4.79 Å². The summed E-state index contributed by atoms with van der Waals surface area (Å²) in [5.41, 5.74) is 6.36. The van der Waals surface area contributed by atoms with Gasteiger partial charge in [0.1, 0.15) is 0 Å². The van der Waals surface area contributed by atoms with Crippen LogP contribution >= 0.6 is 0 Å². The van der Waals surface area contributed by atoms with Gasteiger partial charge in [-0.2, -0.15) is 5.10 Å². The van der Waals surface area contributed by atoms with Crippen molar-refractivity contribution in [3.05, 3.63) is 46.8 Å². The summed E-state index contributed by atoms with van der Waals surface area (Å²) in [5, 5.41) is 4.13. The first-order chi connectivity index (χ1) is 13.2. The van der Waals surface area contributed by atoms with E-state index in [4.69, 9.17) is 9.47 Å². The van der Waals surface area contributed by atoms with Crippen LogP contribution in [0.2, 0.25) is 0 Å². The molecule has 0 radical (unpaired) electrons. The van der Waals surface area contributed by atoms with E-state index in [-0.39, 0.29) is 12.0 Å². The van der Waals surface area contributed by atoms with E-state index in [9.17, 15) is 4.79 Å². The lowest BCUT2D eigenvalue weighted by atomic mass is 10.2. The molecule has 1 aromatic heterocycles. The molecule has 152 valence electrons. The molecule has 6 heteroatoms. The van der Waals surface area contributed by atoms with Gasteiger partial charge in [-0.1, -0.05) is 13.8 Å². The SMILES string of the molecule is COc1cc(C(=O)N/N=C/c2cc(C)n(CC(C)C)c2C)ccc1OC(C)C. The second kappa shape index (κ2) is 9.44. The maximum Gasteiger partial charge on any atom is 0.271 e. The van der Waals surface area contributed by atoms with Crippen molar-refractivity contribution < 1.29 is 14.3 Å². The van der Waals surface area contributed by atoms with E-state index in [1.807, 2.05) is 13.8 Å². The summed E-state index contributed by atoms with van der Waals surface area (Å²) in [6, 6.07) is 7.15. The Bertz CT molecular complexity index is 851. The molecule has 2 rings (SSSR count). The fourth-order valence-corrected chi connectivity index (χ4v) is 2.99. The molecule has 1 N–H and O–H groups in total. The Labute approximate surface area is 167 Å². The zero-order valence-corrected chi connectivity index (χ0v) is 17.9. The zero-order valence-electron chi connectivity index (χ0n) is 17.9. The number of carbonyl (C=O) groups is 1. The first-order valence-electron chi connectivity index (χ1n) is 9.57. The van der Waals surface area contributed by atoms with Crippen LogP contribution in [0, 0.1) is 19.8 Å². The number of hydrogen-bond acceptors (Lipinski definition) is 4. The topological polar surface area (TPSA) is 64.8 Å². The Balaban J connectivity index is 2.10. The second-order valence-electron chi connectivity index (χ2n) is 7.56. The first kappa shape index (κ1) is 21.5. The normalized spacial score (nSPS) is 11.5. The number of rotatable bonds is 8. The number of aromatic nitrogens is 1. The van der Waals surface area contributed by atoms with E-state index in [1.165, 1.54) is 5.69 Å². The van der Waals surface area contributed by atoms with Crippen LogP contribution in [0.3, 0.4) is 0 Å². The third-order valence-electron chi connectivity index (χ3n) is 4.32. The van der Waals surface area contributed by atoms with Gasteiger partial charge >= 0.3 is 0 Å². The third kappa shape index (κ3) is 5.38. The Hall–Kier alpha value is -2.76. The van der Waals surface area contributed by atoms with Crippen LogP contribution in [0.15, 0.2) is 29.4 Å². The van der Waals surface area contributed by atoms with Crippen LogP contribution in [0.4, 0.5) is 0 Å². The summed E-state index contributed by atoms with van der Waals surface area (Å²) in [5.74, 6) is 1.38. The number of nitrogens with one attached hydrogen (secondary N) is 1. The lowest BCUT2D eigenvalue weighted by Crippen LogP contribution is -2.18. The van der Waals surface area contributed by atoms with E-state index < -0.39 is 0 Å². The Morgan fingerprint density at radius 3 is 2.50 bits per heavy atom. The van der Waals surface area contributed by atoms with Crippen LogP contribution in [0.1, 0.15) is 55.0 Å². The maximum atomic E-state index is 12.4. The van der Waals surface area contributed by atoms with Crippen molar-refractivity contribution in [2.24, 2.45) is 11.0 Å². The average molecular weight is 386 g/mol. The highest BCUT2D eigenvalue weighted by molar-refractivity contribution is 5.95. The molecule has 0 saturated carbocycles. The number of hydrogen-bond donors (Lipinski definition) is 1. The molecule has 1 aromatic carbocycles. The highest BCUT2D eigenvalue weighted by atomic mass is 16.5. The summed E-state index contributed by atoms with van der Waals surface area (Å²) < 4.78 is 13.3. The van der Waals surface area contributed by atoms with Crippen LogP contribution in [0.5, 0.6) is 11.5 Å². The number of hydrazone groups is 1. The number of ether oxygens (including phenoxy) is 2. The van der Waals surface area contributed by atoms with E-state index in [0.29, 0.717) is 23.0 Å². The molecule has 0 fully saturated rings. The molecule has 0 aliphatic heterocycles. The predicted molar refractivity (Wildman–Crippen MR) is 113 cm³/mol. The highest BCUT2D eigenvalue weighted by Crippen LogP contribution is 2.29. The lowest BCUT2D eigenvalue weighted by Gasteiger charge is -2.14. The largest absolute Gasteiger partial charge is 0.493 e. The molecule has 1 heterocycles. The zero-order chi connectivity index (χ0) is 20.8.